The lowest BCUT2D eigenvalue weighted by molar-refractivity contribution is 0.0698. The first-order chi connectivity index (χ1) is 11.7. The summed E-state index contributed by atoms with van der Waals surface area (Å²) < 4.78 is 4.10. The summed E-state index contributed by atoms with van der Waals surface area (Å²) in [5.74, 6) is 2.12. The number of hydrogen-bond acceptors (Lipinski definition) is 4. The highest BCUT2D eigenvalue weighted by Gasteiger charge is 2.29. The Labute approximate surface area is 149 Å². The van der Waals surface area contributed by atoms with Gasteiger partial charge in [-0.25, -0.2) is 0 Å². The third-order valence-electron chi connectivity index (χ3n) is 4.62. The van der Waals surface area contributed by atoms with Crippen molar-refractivity contribution in [2.24, 2.45) is 0 Å². The largest absolute Gasteiger partial charge is 0.328 e. The molecule has 0 N–H and O–H groups in total. The van der Waals surface area contributed by atoms with Crippen LogP contribution in [0.1, 0.15) is 75.3 Å². The fourth-order valence-corrected chi connectivity index (χ4v) is 3.26. The van der Waals surface area contributed by atoms with Crippen LogP contribution >= 0.6 is 0 Å². The molecule has 1 aliphatic rings. The Hall–Kier alpha value is -2.18. The molecule has 0 fully saturated rings. The van der Waals surface area contributed by atoms with Crippen molar-refractivity contribution in [2.75, 3.05) is 6.54 Å². The van der Waals surface area contributed by atoms with E-state index in [1.54, 1.807) is 0 Å². The molecule has 25 heavy (non-hydrogen) atoms. The quantitative estimate of drug-likeness (QED) is 0.858. The lowest BCUT2D eigenvalue weighted by Gasteiger charge is -2.27. The van der Waals surface area contributed by atoms with E-state index < -0.39 is 0 Å². The monoisotopic (exact) mass is 344 g/mol. The molecule has 2 aromatic rings. The molecule has 1 amide bonds. The highest BCUT2D eigenvalue weighted by atomic mass is 16.2. The average Bonchev–Trinajstić information content (AvgIpc) is 3.17. The molecule has 0 saturated carbocycles. The topological polar surface area (TPSA) is 68.8 Å². The zero-order valence-electron chi connectivity index (χ0n) is 16.1. The number of carbonyl (C=O) groups excluding carboxylic acids is 1. The normalized spacial score (nSPS) is 14.9. The molecule has 0 saturated heterocycles. The number of fused-ring (bicyclic) bond motifs is 1. The zero-order chi connectivity index (χ0) is 18.4. The third kappa shape index (κ3) is 3.19. The molecule has 7 heteroatoms. The Bertz CT molecular complexity index is 780. The van der Waals surface area contributed by atoms with E-state index in [0.29, 0.717) is 24.7 Å². The van der Waals surface area contributed by atoms with Gasteiger partial charge in [0.1, 0.15) is 5.82 Å². The molecular formula is C18H28N6O. The van der Waals surface area contributed by atoms with Gasteiger partial charge in [-0.15, -0.1) is 10.2 Å². The van der Waals surface area contributed by atoms with Crippen LogP contribution in [0.3, 0.4) is 0 Å². The minimum atomic E-state index is -0.157. The molecule has 0 aromatic carbocycles. The third-order valence-corrected chi connectivity index (χ3v) is 4.62. The molecule has 1 aliphatic heterocycles. The zero-order valence-corrected chi connectivity index (χ0v) is 16.1. The molecule has 2 aromatic heterocycles. The maximum Gasteiger partial charge on any atom is 0.274 e. The standard InChI is InChI=1S/C18H28N6O/c1-7-15-19-20-16-11-22(8-9-23(15)16)17(25)13-10-14(12(2)3)24(21-13)18(4,5)6/h10,12H,7-9,11H2,1-6H3. The summed E-state index contributed by atoms with van der Waals surface area (Å²) in [7, 11) is 0. The van der Waals surface area contributed by atoms with Gasteiger partial charge in [-0.05, 0) is 32.8 Å². The number of amides is 1. The number of rotatable bonds is 3. The first-order valence-corrected chi connectivity index (χ1v) is 9.03. The summed E-state index contributed by atoms with van der Waals surface area (Å²) in [6.45, 7) is 14.5. The Morgan fingerprint density at radius 3 is 2.52 bits per heavy atom. The maximum atomic E-state index is 13.0. The predicted octanol–water partition coefficient (Wildman–Crippen LogP) is 2.57. The average molecular weight is 344 g/mol. The van der Waals surface area contributed by atoms with Crippen molar-refractivity contribution in [3.8, 4) is 0 Å². The van der Waals surface area contributed by atoms with Crippen LogP contribution in [0, 0.1) is 0 Å². The second-order valence-electron chi connectivity index (χ2n) is 7.96. The second-order valence-corrected chi connectivity index (χ2v) is 7.96. The molecule has 0 atom stereocenters. The minimum absolute atomic E-state index is 0.0304. The van der Waals surface area contributed by atoms with Crippen LogP contribution in [0.15, 0.2) is 6.07 Å². The minimum Gasteiger partial charge on any atom is -0.328 e. The van der Waals surface area contributed by atoms with E-state index in [0.717, 1.165) is 30.3 Å². The Morgan fingerprint density at radius 2 is 1.96 bits per heavy atom. The van der Waals surface area contributed by atoms with Crippen molar-refractivity contribution < 1.29 is 4.79 Å². The van der Waals surface area contributed by atoms with Crippen molar-refractivity contribution >= 4 is 5.91 Å². The number of nitrogens with zero attached hydrogens (tertiary/aromatic N) is 6. The van der Waals surface area contributed by atoms with E-state index >= 15 is 0 Å². The van der Waals surface area contributed by atoms with Crippen molar-refractivity contribution in [1.29, 1.82) is 0 Å². The summed E-state index contributed by atoms with van der Waals surface area (Å²) >= 11 is 0. The lowest BCUT2D eigenvalue weighted by atomic mass is 10.1. The van der Waals surface area contributed by atoms with Crippen LogP contribution in [0.2, 0.25) is 0 Å². The van der Waals surface area contributed by atoms with E-state index in [1.165, 1.54) is 0 Å². The van der Waals surface area contributed by atoms with E-state index in [1.807, 2.05) is 15.6 Å². The van der Waals surface area contributed by atoms with Crippen molar-refractivity contribution in [2.45, 2.75) is 72.5 Å². The summed E-state index contributed by atoms with van der Waals surface area (Å²) in [5, 5.41) is 13.1. The number of hydrogen-bond donors (Lipinski definition) is 0. The Balaban J connectivity index is 1.87. The maximum absolute atomic E-state index is 13.0. The predicted molar refractivity (Wildman–Crippen MR) is 95.5 cm³/mol. The van der Waals surface area contributed by atoms with E-state index in [4.69, 9.17) is 0 Å². The first kappa shape index (κ1) is 17.6. The summed E-state index contributed by atoms with van der Waals surface area (Å²) in [5.41, 5.74) is 1.45. The highest BCUT2D eigenvalue weighted by molar-refractivity contribution is 5.92. The van der Waals surface area contributed by atoms with Gasteiger partial charge in [-0.3, -0.25) is 9.48 Å². The molecule has 136 valence electrons. The van der Waals surface area contributed by atoms with E-state index in [-0.39, 0.29) is 11.4 Å². The Morgan fingerprint density at radius 1 is 1.24 bits per heavy atom. The number of carbonyl (C=O) groups is 1. The van der Waals surface area contributed by atoms with Crippen LogP contribution in [-0.4, -0.2) is 41.9 Å². The molecule has 0 spiro atoms. The Kier molecular flexibility index (Phi) is 4.43. The molecule has 0 radical (unpaired) electrons. The van der Waals surface area contributed by atoms with E-state index in [2.05, 4.69) is 61.4 Å². The molecule has 0 bridgehead atoms. The van der Waals surface area contributed by atoms with Crippen LogP contribution in [0.25, 0.3) is 0 Å². The highest BCUT2D eigenvalue weighted by Crippen LogP contribution is 2.25. The summed E-state index contributed by atoms with van der Waals surface area (Å²) in [6, 6.07) is 1.94. The molecule has 7 nitrogen and oxygen atoms in total. The van der Waals surface area contributed by atoms with Crippen LogP contribution in [-0.2, 0) is 25.0 Å². The van der Waals surface area contributed by atoms with Gasteiger partial charge >= 0.3 is 0 Å². The van der Waals surface area contributed by atoms with Crippen LogP contribution in [0.4, 0.5) is 0 Å². The molecular weight excluding hydrogens is 316 g/mol. The first-order valence-electron chi connectivity index (χ1n) is 9.03. The molecule has 0 unspecified atom stereocenters. The van der Waals surface area contributed by atoms with Crippen LogP contribution < -0.4 is 0 Å². The van der Waals surface area contributed by atoms with Crippen LogP contribution in [0.5, 0.6) is 0 Å². The number of aromatic nitrogens is 5. The van der Waals surface area contributed by atoms with Gasteiger partial charge in [0.2, 0.25) is 0 Å². The van der Waals surface area contributed by atoms with Crippen molar-refractivity contribution in [3.63, 3.8) is 0 Å². The fraction of sp³-hybridized carbons (Fsp3) is 0.667. The lowest BCUT2D eigenvalue weighted by Crippen LogP contribution is -2.39. The second kappa shape index (κ2) is 6.28. The van der Waals surface area contributed by atoms with Gasteiger partial charge in [0.25, 0.3) is 5.91 Å². The van der Waals surface area contributed by atoms with Crippen molar-refractivity contribution in [1.82, 2.24) is 29.4 Å². The molecule has 3 rings (SSSR count). The smallest absolute Gasteiger partial charge is 0.274 e. The molecule has 0 aliphatic carbocycles. The SMILES string of the molecule is CCc1nnc2n1CCN(C(=O)c1cc(C(C)C)n(C(C)(C)C)n1)C2. The van der Waals surface area contributed by atoms with E-state index in [9.17, 15) is 4.79 Å². The van der Waals surface area contributed by atoms with Crippen molar-refractivity contribution in [3.05, 3.63) is 29.1 Å². The number of aryl methyl sites for hydroxylation is 1. The van der Waals surface area contributed by atoms with Gasteiger partial charge in [0, 0.05) is 25.2 Å². The summed E-state index contributed by atoms with van der Waals surface area (Å²) in [4.78, 5) is 14.8. The molecule has 3 heterocycles. The van der Waals surface area contributed by atoms with Gasteiger partial charge in [-0.2, -0.15) is 5.10 Å². The van der Waals surface area contributed by atoms with Gasteiger partial charge < -0.3 is 9.47 Å². The van der Waals surface area contributed by atoms with Gasteiger partial charge in [0.05, 0.1) is 12.1 Å². The fourth-order valence-electron chi connectivity index (χ4n) is 3.26. The van der Waals surface area contributed by atoms with Gasteiger partial charge in [0.15, 0.2) is 11.5 Å². The van der Waals surface area contributed by atoms with Gasteiger partial charge in [-0.1, -0.05) is 20.8 Å². The summed E-state index contributed by atoms with van der Waals surface area (Å²) in [6.07, 6.45) is 0.856.